The molecule has 0 saturated carbocycles. The van der Waals surface area contributed by atoms with Gasteiger partial charge in [0.05, 0.1) is 23.3 Å². The van der Waals surface area contributed by atoms with Crippen LogP contribution < -0.4 is 10.9 Å². The number of rotatable bonds is 4. The SMILES string of the molecule is CCOC(=O)N(Nc1ncc(B2OC(C)(C)C(C)(C)O2)cn1)C(C)(C)C. The van der Waals surface area contributed by atoms with E-state index in [4.69, 9.17) is 14.0 Å². The van der Waals surface area contributed by atoms with E-state index in [9.17, 15) is 4.79 Å². The molecule has 1 N–H and O–H groups in total. The van der Waals surface area contributed by atoms with Crippen LogP contribution in [0, 0.1) is 0 Å². The lowest BCUT2D eigenvalue weighted by molar-refractivity contribution is 0.00578. The molecule has 2 rings (SSSR count). The van der Waals surface area contributed by atoms with Crippen LogP contribution in [0.2, 0.25) is 0 Å². The molecule has 1 aliphatic heterocycles. The van der Waals surface area contributed by atoms with Gasteiger partial charge in [0.25, 0.3) is 0 Å². The number of carbonyl (C=O) groups excluding carboxylic acids is 1. The zero-order chi connectivity index (χ0) is 19.8. The lowest BCUT2D eigenvalue weighted by atomic mass is 9.81. The molecule has 1 aromatic heterocycles. The van der Waals surface area contributed by atoms with Crippen molar-refractivity contribution in [1.29, 1.82) is 0 Å². The Labute approximate surface area is 155 Å². The summed E-state index contributed by atoms with van der Waals surface area (Å²) in [6.07, 6.45) is 2.77. The minimum absolute atomic E-state index is 0.285. The van der Waals surface area contributed by atoms with E-state index in [0.29, 0.717) is 5.46 Å². The summed E-state index contributed by atoms with van der Waals surface area (Å²) in [5.41, 5.74) is 2.25. The third kappa shape index (κ3) is 4.27. The second-order valence-electron chi connectivity index (χ2n) is 8.25. The monoisotopic (exact) mass is 364 g/mol. The molecule has 1 aromatic rings. The summed E-state index contributed by atoms with van der Waals surface area (Å²) in [5.74, 6) is 0.285. The summed E-state index contributed by atoms with van der Waals surface area (Å²) in [7, 11) is -0.530. The molecule has 0 atom stereocenters. The Balaban J connectivity index is 2.13. The van der Waals surface area contributed by atoms with Gasteiger partial charge in [-0.05, 0) is 55.4 Å². The van der Waals surface area contributed by atoms with Crippen LogP contribution in [-0.2, 0) is 14.0 Å². The first-order chi connectivity index (χ1) is 11.9. The Bertz CT molecular complexity index is 627. The molecule has 9 heteroatoms. The van der Waals surface area contributed by atoms with Gasteiger partial charge in [-0.15, -0.1) is 0 Å². The summed E-state index contributed by atoms with van der Waals surface area (Å²) in [6, 6.07) is 0. The average Bonchev–Trinajstić information content (AvgIpc) is 2.72. The first-order valence-electron chi connectivity index (χ1n) is 8.78. The largest absolute Gasteiger partial charge is 0.498 e. The Morgan fingerprint density at radius 3 is 2.12 bits per heavy atom. The molecule has 0 aliphatic carbocycles. The van der Waals surface area contributed by atoms with Gasteiger partial charge in [-0.25, -0.2) is 19.8 Å². The number of hydrogen-bond donors (Lipinski definition) is 1. The van der Waals surface area contributed by atoms with Crippen molar-refractivity contribution in [3.63, 3.8) is 0 Å². The third-order valence-electron chi connectivity index (χ3n) is 4.53. The number of nitrogens with zero attached hydrogens (tertiary/aromatic N) is 3. The van der Waals surface area contributed by atoms with Gasteiger partial charge >= 0.3 is 13.2 Å². The second kappa shape index (κ2) is 7.04. The molecule has 0 radical (unpaired) electrons. The van der Waals surface area contributed by atoms with E-state index < -0.39 is 30.0 Å². The van der Waals surface area contributed by atoms with Crippen molar-refractivity contribution in [2.24, 2.45) is 0 Å². The fraction of sp³-hybridized carbons (Fsp3) is 0.706. The van der Waals surface area contributed by atoms with Crippen LogP contribution in [0.15, 0.2) is 12.4 Å². The molecule has 26 heavy (non-hydrogen) atoms. The molecule has 0 bridgehead atoms. The zero-order valence-electron chi connectivity index (χ0n) is 16.9. The minimum Gasteiger partial charge on any atom is -0.448 e. The normalized spacial score (nSPS) is 18.5. The van der Waals surface area contributed by atoms with Crippen molar-refractivity contribution in [1.82, 2.24) is 15.0 Å². The number of carbonyl (C=O) groups is 1. The van der Waals surface area contributed by atoms with E-state index in [-0.39, 0.29) is 12.6 Å². The summed E-state index contributed by atoms with van der Waals surface area (Å²) in [6.45, 7) is 15.7. The molecule has 1 saturated heterocycles. The average molecular weight is 364 g/mol. The van der Waals surface area contributed by atoms with Crippen molar-refractivity contribution >= 4 is 24.6 Å². The Morgan fingerprint density at radius 2 is 1.69 bits per heavy atom. The van der Waals surface area contributed by atoms with Crippen LogP contribution >= 0.6 is 0 Å². The van der Waals surface area contributed by atoms with Crippen LogP contribution in [0.5, 0.6) is 0 Å². The van der Waals surface area contributed by atoms with Crippen LogP contribution in [-0.4, -0.2) is 51.5 Å². The number of anilines is 1. The number of ether oxygens (including phenoxy) is 1. The smallest absolute Gasteiger partial charge is 0.448 e. The predicted octanol–water partition coefficient (Wildman–Crippen LogP) is 2.36. The Morgan fingerprint density at radius 1 is 1.19 bits per heavy atom. The fourth-order valence-corrected chi connectivity index (χ4v) is 2.27. The highest BCUT2D eigenvalue weighted by molar-refractivity contribution is 6.61. The van der Waals surface area contributed by atoms with Crippen LogP contribution in [0.25, 0.3) is 0 Å². The molecular weight excluding hydrogens is 335 g/mol. The summed E-state index contributed by atoms with van der Waals surface area (Å²) in [5, 5.41) is 1.36. The maximum absolute atomic E-state index is 12.2. The van der Waals surface area contributed by atoms with E-state index in [1.54, 1.807) is 19.3 Å². The Kier molecular flexibility index (Phi) is 5.53. The van der Waals surface area contributed by atoms with Gasteiger partial charge in [-0.2, -0.15) is 0 Å². The van der Waals surface area contributed by atoms with Crippen LogP contribution in [0.3, 0.4) is 0 Å². The highest BCUT2D eigenvalue weighted by Gasteiger charge is 2.52. The highest BCUT2D eigenvalue weighted by atomic mass is 16.7. The molecule has 0 unspecified atom stereocenters. The number of amides is 1. The van der Waals surface area contributed by atoms with Crippen molar-refractivity contribution in [3.8, 4) is 0 Å². The van der Waals surface area contributed by atoms with Gasteiger partial charge in [0.1, 0.15) is 0 Å². The topological polar surface area (TPSA) is 85.8 Å². The van der Waals surface area contributed by atoms with Crippen molar-refractivity contribution in [3.05, 3.63) is 12.4 Å². The molecule has 8 nitrogen and oxygen atoms in total. The Hall–Kier alpha value is -1.87. The van der Waals surface area contributed by atoms with Gasteiger partial charge in [0, 0.05) is 17.9 Å². The van der Waals surface area contributed by atoms with Crippen molar-refractivity contribution in [2.75, 3.05) is 12.0 Å². The summed E-state index contributed by atoms with van der Waals surface area (Å²) in [4.78, 5) is 20.7. The van der Waals surface area contributed by atoms with Gasteiger partial charge < -0.3 is 14.0 Å². The van der Waals surface area contributed by atoms with E-state index >= 15 is 0 Å². The maximum atomic E-state index is 12.2. The van der Waals surface area contributed by atoms with E-state index in [2.05, 4.69) is 15.4 Å². The quantitative estimate of drug-likeness (QED) is 0.648. The fourth-order valence-electron chi connectivity index (χ4n) is 2.27. The standard InChI is InChI=1S/C17H29BN4O4/c1-9-24-14(23)22(15(2,3)4)21-13-19-10-12(11-20-13)18-25-16(5,6)17(7,8)26-18/h10-11H,9H2,1-8H3,(H,19,20,21). The zero-order valence-corrected chi connectivity index (χ0v) is 16.9. The predicted molar refractivity (Wildman–Crippen MR) is 100.0 cm³/mol. The molecule has 1 aliphatic rings. The second-order valence-corrected chi connectivity index (χ2v) is 8.25. The maximum Gasteiger partial charge on any atom is 0.498 e. The minimum atomic E-state index is -0.530. The first-order valence-corrected chi connectivity index (χ1v) is 8.78. The third-order valence-corrected chi connectivity index (χ3v) is 4.53. The molecule has 2 heterocycles. The highest BCUT2D eigenvalue weighted by Crippen LogP contribution is 2.36. The molecule has 0 spiro atoms. The lowest BCUT2D eigenvalue weighted by Crippen LogP contribution is -2.50. The number of hydrogen-bond acceptors (Lipinski definition) is 7. The molecule has 1 amide bonds. The summed E-state index contributed by atoms with van der Waals surface area (Å²) >= 11 is 0. The molecular formula is C17H29BN4O4. The van der Waals surface area contributed by atoms with Crippen LogP contribution in [0.1, 0.15) is 55.4 Å². The van der Waals surface area contributed by atoms with Gasteiger partial charge in [0.15, 0.2) is 0 Å². The molecule has 1 fully saturated rings. The van der Waals surface area contributed by atoms with Crippen molar-refractivity contribution in [2.45, 2.75) is 72.1 Å². The van der Waals surface area contributed by atoms with Gasteiger partial charge in [-0.1, -0.05) is 0 Å². The first kappa shape index (κ1) is 20.4. The van der Waals surface area contributed by atoms with Crippen LogP contribution in [0.4, 0.5) is 10.7 Å². The molecule has 0 aromatic carbocycles. The van der Waals surface area contributed by atoms with E-state index in [1.165, 1.54) is 5.01 Å². The van der Waals surface area contributed by atoms with Crippen molar-refractivity contribution < 1.29 is 18.8 Å². The number of nitrogens with one attached hydrogen (secondary N) is 1. The summed E-state index contributed by atoms with van der Waals surface area (Å²) < 4.78 is 17.1. The van der Waals surface area contributed by atoms with E-state index in [0.717, 1.165) is 0 Å². The van der Waals surface area contributed by atoms with Gasteiger partial charge in [0.2, 0.25) is 5.95 Å². The number of aromatic nitrogens is 2. The number of hydrazine groups is 1. The van der Waals surface area contributed by atoms with E-state index in [1.807, 2.05) is 48.5 Å². The lowest BCUT2D eigenvalue weighted by Gasteiger charge is -2.34. The molecule has 144 valence electrons. The van der Waals surface area contributed by atoms with Gasteiger partial charge in [-0.3, -0.25) is 5.43 Å².